The van der Waals surface area contributed by atoms with E-state index in [1.807, 2.05) is 6.92 Å². The number of nitrogens with one attached hydrogen (secondary N) is 1. The van der Waals surface area contributed by atoms with Crippen molar-refractivity contribution in [3.8, 4) is 0 Å². The summed E-state index contributed by atoms with van der Waals surface area (Å²) in [5.41, 5.74) is 0.821. The van der Waals surface area contributed by atoms with Gasteiger partial charge in [0, 0.05) is 18.2 Å². The average Bonchev–Trinajstić information content (AvgIpc) is 3.12. The summed E-state index contributed by atoms with van der Waals surface area (Å²) in [6.45, 7) is 1.82. The lowest BCUT2D eigenvalue weighted by atomic mass is 10.1. The maximum absolute atomic E-state index is 13.2. The molecule has 98 valence electrons. The number of aryl methyl sites for hydroxylation is 1. The normalized spacial score (nSPS) is 21.2. The Hall–Kier alpha value is -2.04. The van der Waals surface area contributed by atoms with Gasteiger partial charge in [-0.2, -0.15) is 0 Å². The number of rotatable bonds is 3. The topological polar surface area (TPSA) is 37.8 Å². The van der Waals surface area contributed by atoms with Crippen LogP contribution in [0.25, 0.3) is 0 Å². The van der Waals surface area contributed by atoms with Crippen LogP contribution in [-0.2, 0) is 0 Å². The van der Waals surface area contributed by atoms with Crippen LogP contribution in [0.5, 0.6) is 0 Å². The van der Waals surface area contributed by atoms with Crippen molar-refractivity contribution in [1.82, 2.24) is 9.97 Å². The molecule has 1 aromatic carbocycles. The summed E-state index contributed by atoms with van der Waals surface area (Å²) in [5.74, 6) is 0.0874. The standard InChI is InChI=1S/C14H13F2N3/c1-8-17-5-4-14(18-8)19-13-7-10(13)9-2-3-11(15)12(16)6-9/h2-6,10,13H,7H2,1H3,(H,17,18,19)/t10-,13+/m1/s1. The molecular weight excluding hydrogens is 248 g/mol. The fourth-order valence-electron chi connectivity index (χ4n) is 2.19. The molecule has 1 aliphatic carbocycles. The molecule has 1 aliphatic rings. The monoisotopic (exact) mass is 261 g/mol. The first-order valence-corrected chi connectivity index (χ1v) is 6.14. The van der Waals surface area contributed by atoms with Gasteiger partial charge >= 0.3 is 0 Å². The molecule has 0 saturated heterocycles. The number of hydrogen-bond acceptors (Lipinski definition) is 3. The van der Waals surface area contributed by atoms with E-state index in [0.717, 1.165) is 17.8 Å². The second-order valence-corrected chi connectivity index (χ2v) is 4.76. The van der Waals surface area contributed by atoms with Crippen LogP contribution >= 0.6 is 0 Å². The van der Waals surface area contributed by atoms with Gasteiger partial charge in [-0.05, 0) is 37.1 Å². The zero-order valence-corrected chi connectivity index (χ0v) is 10.4. The summed E-state index contributed by atoms with van der Waals surface area (Å²) in [6, 6.07) is 6.10. The van der Waals surface area contributed by atoms with E-state index in [1.165, 1.54) is 12.1 Å². The van der Waals surface area contributed by atoms with Gasteiger partial charge in [-0.15, -0.1) is 0 Å². The van der Waals surface area contributed by atoms with Crippen molar-refractivity contribution in [1.29, 1.82) is 0 Å². The van der Waals surface area contributed by atoms with Crippen molar-refractivity contribution < 1.29 is 8.78 Å². The Balaban J connectivity index is 1.69. The maximum Gasteiger partial charge on any atom is 0.159 e. The van der Waals surface area contributed by atoms with Crippen LogP contribution in [-0.4, -0.2) is 16.0 Å². The molecule has 0 amide bonds. The SMILES string of the molecule is Cc1nccc(N[C@H]2C[C@@H]2c2ccc(F)c(F)c2)n1. The van der Waals surface area contributed by atoms with Gasteiger partial charge in [0.05, 0.1) is 0 Å². The molecule has 0 radical (unpaired) electrons. The first kappa shape index (κ1) is 12.0. The Morgan fingerprint density at radius 1 is 1.21 bits per heavy atom. The lowest BCUT2D eigenvalue weighted by Gasteiger charge is -2.05. The highest BCUT2D eigenvalue weighted by Crippen LogP contribution is 2.42. The second kappa shape index (κ2) is 4.57. The molecule has 0 unspecified atom stereocenters. The van der Waals surface area contributed by atoms with Crippen molar-refractivity contribution >= 4 is 5.82 Å². The van der Waals surface area contributed by atoms with Crippen LogP contribution in [0.3, 0.4) is 0 Å². The number of nitrogens with zero attached hydrogens (tertiary/aromatic N) is 2. The van der Waals surface area contributed by atoms with Gasteiger partial charge in [0.1, 0.15) is 11.6 Å². The minimum atomic E-state index is -0.805. The summed E-state index contributed by atoms with van der Waals surface area (Å²) < 4.78 is 26.0. The van der Waals surface area contributed by atoms with E-state index in [4.69, 9.17) is 0 Å². The molecule has 1 N–H and O–H groups in total. The van der Waals surface area contributed by atoms with Gasteiger partial charge in [-0.25, -0.2) is 18.7 Å². The van der Waals surface area contributed by atoms with Gasteiger partial charge in [0.25, 0.3) is 0 Å². The van der Waals surface area contributed by atoms with E-state index in [9.17, 15) is 8.78 Å². The van der Waals surface area contributed by atoms with Crippen LogP contribution in [0.1, 0.15) is 23.7 Å². The molecular formula is C14H13F2N3. The summed E-state index contributed by atoms with van der Waals surface area (Å²) in [5, 5.41) is 3.27. The van der Waals surface area contributed by atoms with Crippen LogP contribution in [0.4, 0.5) is 14.6 Å². The van der Waals surface area contributed by atoms with E-state index < -0.39 is 11.6 Å². The Kier molecular flexibility index (Phi) is 2.89. The van der Waals surface area contributed by atoms with Crippen LogP contribution in [0.2, 0.25) is 0 Å². The summed E-state index contributed by atoms with van der Waals surface area (Å²) >= 11 is 0. The molecule has 3 nitrogen and oxygen atoms in total. The van der Waals surface area contributed by atoms with Gasteiger partial charge in [-0.3, -0.25) is 0 Å². The number of benzene rings is 1. The third-order valence-corrected chi connectivity index (χ3v) is 3.27. The highest BCUT2D eigenvalue weighted by atomic mass is 19.2. The van der Waals surface area contributed by atoms with Gasteiger partial charge in [-0.1, -0.05) is 6.07 Å². The van der Waals surface area contributed by atoms with E-state index in [1.54, 1.807) is 18.3 Å². The maximum atomic E-state index is 13.2. The number of anilines is 1. The summed E-state index contributed by atoms with van der Waals surface area (Å²) in [7, 11) is 0. The fourth-order valence-corrected chi connectivity index (χ4v) is 2.19. The number of hydrogen-bond donors (Lipinski definition) is 1. The third-order valence-electron chi connectivity index (χ3n) is 3.27. The molecule has 0 bridgehead atoms. The quantitative estimate of drug-likeness (QED) is 0.922. The van der Waals surface area contributed by atoms with Gasteiger partial charge in [0.2, 0.25) is 0 Å². The van der Waals surface area contributed by atoms with Crippen LogP contribution in [0, 0.1) is 18.6 Å². The highest BCUT2D eigenvalue weighted by Gasteiger charge is 2.38. The summed E-state index contributed by atoms with van der Waals surface area (Å²) in [6.07, 6.45) is 2.59. The third kappa shape index (κ3) is 2.54. The predicted molar refractivity (Wildman–Crippen MR) is 67.9 cm³/mol. The molecule has 0 spiro atoms. The smallest absolute Gasteiger partial charge is 0.159 e. The fraction of sp³-hybridized carbons (Fsp3) is 0.286. The average molecular weight is 261 g/mol. The van der Waals surface area contributed by atoms with Crippen molar-refractivity contribution in [2.45, 2.75) is 25.3 Å². The zero-order chi connectivity index (χ0) is 13.4. The molecule has 1 heterocycles. The first-order valence-electron chi connectivity index (χ1n) is 6.14. The number of aromatic nitrogens is 2. The van der Waals surface area contributed by atoms with Crippen LogP contribution < -0.4 is 5.32 Å². The van der Waals surface area contributed by atoms with Crippen molar-refractivity contribution in [3.05, 3.63) is 53.5 Å². The predicted octanol–water partition coefficient (Wildman–Crippen LogP) is 3.03. The zero-order valence-electron chi connectivity index (χ0n) is 10.4. The minimum absolute atomic E-state index is 0.213. The van der Waals surface area contributed by atoms with Gasteiger partial charge < -0.3 is 5.32 Å². The van der Waals surface area contributed by atoms with Crippen molar-refractivity contribution in [3.63, 3.8) is 0 Å². The van der Waals surface area contributed by atoms with Crippen molar-refractivity contribution in [2.24, 2.45) is 0 Å². The first-order chi connectivity index (χ1) is 9.13. The summed E-state index contributed by atoms with van der Waals surface area (Å²) in [4.78, 5) is 8.28. The molecule has 1 fully saturated rings. The Bertz CT molecular complexity index is 615. The van der Waals surface area contributed by atoms with E-state index in [2.05, 4.69) is 15.3 Å². The Morgan fingerprint density at radius 3 is 2.79 bits per heavy atom. The lowest BCUT2D eigenvalue weighted by Crippen LogP contribution is -2.06. The van der Waals surface area contributed by atoms with Gasteiger partial charge in [0.15, 0.2) is 11.6 Å². The highest BCUT2D eigenvalue weighted by molar-refractivity contribution is 5.41. The Morgan fingerprint density at radius 2 is 2.05 bits per heavy atom. The largest absolute Gasteiger partial charge is 0.367 e. The lowest BCUT2D eigenvalue weighted by molar-refractivity contribution is 0.507. The van der Waals surface area contributed by atoms with Crippen molar-refractivity contribution in [2.75, 3.05) is 5.32 Å². The molecule has 1 saturated carbocycles. The van der Waals surface area contributed by atoms with E-state index in [-0.39, 0.29) is 12.0 Å². The minimum Gasteiger partial charge on any atom is -0.367 e. The van der Waals surface area contributed by atoms with Crippen LogP contribution in [0.15, 0.2) is 30.5 Å². The second-order valence-electron chi connectivity index (χ2n) is 4.76. The molecule has 0 aliphatic heterocycles. The molecule has 3 rings (SSSR count). The number of halogens is 2. The molecule has 5 heteroatoms. The molecule has 2 aromatic rings. The van der Waals surface area contributed by atoms with E-state index in [0.29, 0.717) is 5.82 Å². The van der Waals surface area contributed by atoms with E-state index >= 15 is 0 Å². The molecule has 2 atom stereocenters. The molecule has 1 aromatic heterocycles. The Labute approximate surface area is 109 Å². The molecule has 19 heavy (non-hydrogen) atoms.